The predicted octanol–water partition coefficient (Wildman–Crippen LogP) is 5.07. The number of methoxy groups -OCH3 is 2. The number of carbonyl (C=O) groups is 1. The zero-order valence-corrected chi connectivity index (χ0v) is 19.2. The minimum atomic E-state index is -0.183. The Bertz CT molecular complexity index is 891. The lowest BCUT2D eigenvalue weighted by Crippen LogP contribution is -2.39. The SMILES string of the molecule is COc1ccc(C2CCCN2C(=O)NCc2cccc(COC(C)(C)C)c2)c(OC)c1. The van der Waals surface area contributed by atoms with E-state index in [2.05, 4.69) is 11.4 Å². The number of hydrogen-bond acceptors (Lipinski definition) is 4. The number of carbonyl (C=O) groups excluding carboxylic acids is 1. The highest BCUT2D eigenvalue weighted by Gasteiger charge is 2.32. The van der Waals surface area contributed by atoms with E-state index in [0.717, 1.165) is 47.6 Å². The fourth-order valence-electron chi connectivity index (χ4n) is 3.84. The Kier molecular flexibility index (Phi) is 7.44. The van der Waals surface area contributed by atoms with Gasteiger partial charge in [0.2, 0.25) is 0 Å². The lowest BCUT2D eigenvalue weighted by atomic mass is 10.0. The maximum Gasteiger partial charge on any atom is 0.318 e. The Morgan fingerprint density at radius 3 is 2.58 bits per heavy atom. The maximum atomic E-state index is 13.0. The maximum absolute atomic E-state index is 13.0. The van der Waals surface area contributed by atoms with Crippen molar-refractivity contribution in [2.24, 2.45) is 0 Å². The first kappa shape index (κ1) is 22.9. The first-order valence-corrected chi connectivity index (χ1v) is 10.8. The molecule has 168 valence electrons. The largest absolute Gasteiger partial charge is 0.497 e. The molecular weight excluding hydrogens is 392 g/mol. The third kappa shape index (κ3) is 6.14. The van der Waals surface area contributed by atoms with E-state index in [1.807, 2.05) is 62.1 Å². The van der Waals surface area contributed by atoms with Crippen LogP contribution in [-0.2, 0) is 17.9 Å². The Labute approximate surface area is 185 Å². The standard InChI is InChI=1S/C25H34N2O4/c1-25(2,3)31-17-19-9-6-8-18(14-19)16-26-24(28)27-13-7-10-22(27)21-12-11-20(29-4)15-23(21)30-5/h6,8-9,11-12,14-15,22H,7,10,13,16-17H2,1-5H3,(H,26,28). The van der Waals surface area contributed by atoms with Crippen molar-refractivity contribution in [3.05, 3.63) is 59.2 Å². The van der Waals surface area contributed by atoms with Gasteiger partial charge in [-0.3, -0.25) is 0 Å². The first-order valence-electron chi connectivity index (χ1n) is 10.8. The van der Waals surface area contributed by atoms with Crippen LogP contribution < -0.4 is 14.8 Å². The van der Waals surface area contributed by atoms with Crippen LogP contribution in [0, 0.1) is 0 Å². The molecule has 0 aromatic heterocycles. The Hall–Kier alpha value is -2.73. The second-order valence-electron chi connectivity index (χ2n) is 8.84. The number of likely N-dealkylation sites (tertiary alicyclic amines) is 1. The average molecular weight is 427 g/mol. The molecule has 6 nitrogen and oxygen atoms in total. The van der Waals surface area contributed by atoms with Crippen LogP contribution in [0.1, 0.15) is 56.3 Å². The molecule has 1 atom stereocenters. The third-order valence-corrected chi connectivity index (χ3v) is 5.42. The smallest absolute Gasteiger partial charge is 0.318 e. The van der Waals surface area contributed by atoms with Crippen molar-refractivity contribution in [2.45, 2.75) is 58.4 Å². The van der Waals surface area contributed by atoms with E-state index in [1.165, 1.54) is 0 Å². The average Bonchev–Trinajstić information content (AvgIpc) is 3.25. The van der Waals surface area contributed by atoms with Gasteiger partial charge in [-0.15, -0.1) is 0 Å². The van der Waals surface area contributed by atoms with E-state index in [0.29, 0.717) is 13.2 Å². The molecule has 0 aliphatic carbocycles. The number of nitrogens with zero attached hydrogens (tertiary/aromatic N) is 1. The third-order valence-electron chi connectivity index (χ3n) is 5.42. The summed E-state index contributed by atoms with van der Waals surface area (Å²) in [5, 5.41) is 3.08. The molecular formula is C25H34N2O4. The summed E-state index contributed by atoms with van der Waals surface area (Å²) in [5.41, 5.74) is 2.99. The molecule has 0 saturated carbocycles. The number of rotatable bonds is 7. The molecule has 3 rings (SSSR count). The van der Waals surface area contributed by atoms with Crippen molar-refractivity contribution in [3.63, 3.8) is 0 Å². The molecule has 2 amide bonds. The number of benzene rings is 2. The Morgan fingerprint density at radius 1 is 1.10 bits per heavy atom. The van der Waals surface area contributed by atoms with Crippen molar-refractivity contribution in [1.82, 2.24) is 10.2 Å². The number of hydrogen-bond donors (Lipinski definition) is 1. The topological polar surface area (TPSA) is 60.0 Å². The predicted molar refractivity (Wildman–Crippen MR) is 121 cm³/mol. The van der Waals surface area contributed by atoms with Crippen molar-refractivity contribution in [2.75, 3.05) is 20.8 Å². The highest BCUT2D eigenvalue weighted by atomic mass is 16.5. The van der Waals surface area contributed by atoms with E-state index in [1.54, 1.807) is 14.2 Å². The summed E-state index contributed by atoms with van der Waals surface area (Å²) >= 11 is 0. The van der Waals surface area contributed by atoms with Gasteiger partial charge in [0.05, 0.1) is 32.5 Å². The van der Waals surface area contributed by atoms with Crippen molar-refractivity contribution in [1.29, 1.82) is 0 Å². The minimum Gasteiger partial charge on any atom is -0.497 e. The van der Waals surface area contributed by atoms with E-state index >= 15 is 0 Å². The van der Waals surface area contributed by atoms with Gasteiger partial charge in [-0.1, -0.05) is 24.3 Å². The van der Waals surface area contributed by atoms with Crippen molar-refractivity contribution in [3.8, 4) is 11.5 Å². The van der Waals surface area contributed by atoms with Crippen LogP contribution in [0.2, 0.25) is 0 Å². The summed E-state index contributed by atoms with van der Waals surface area (Å²) in [6, 6.07) is 13.9. The first-order chi connectivity index (χ1) is 14.8. The Balaban J connectivity index is 1.64. The molecule has 1 aliphatic rings. The van der Waals surface area contributed by atoms with Gasteiger partial charge in [0.15, 0.2) is 0 Å². The van der Waals surface area contributed by atoms with Crippen LogP contribution in [0.4, 0.5) is 4.79 Å². The fraction of sp³-hybridized carbons (Fsp3) is 0.480. The highest BCUT2D eigenvalue weighted by Crippen LogP contribution is 2.38. The van der Waals surface area contributed by atoms with E-state index in [-0.39, 0.29) is 17.7 Å². The van der Waals surface area contributed by atoms with E-state index < -0.39 is 0 Å². The van der Waals surface area contributed by atoms with Crippen LogP contribution in [-0.4, -0.2) is 37.3 Å². The normalized spacial score (nSPS) is 16.3. The lowest BCUT2D eigenvalue weighted by Gasteiger charge is -2.27. The van der Waals surface area contributed by atoms with Crippen LogP contribution in [0.15, 0.2) is 42.5 Å². The van der Waals surface area contributed by atoms with Crippen molar-refractivity contribution >= 4 is 6.03 Å². The monoisotopic (exact) mass is 426 g/mol. The fourth-order valence-corrected chi connectivity index (χ4v) is 3.84. The zero-order valence-electron chi connectivity index (χ0n) is 19.2. The number of nitrogens with one attached hydrogen (secondary N) is 1. The summed E-state index contributed by atoms with van der Waals surface area (Å²) in [4.78, 5) is 14.9. The molecule has 31 heavy (non-hydrogen) atoms. The summed E-state index contributed by atoms with van der Waals surface area (Å²) in [5.74, 6) is 1.49. The molecule has 0 spiro atoms. The second kappa shape index (κ2) is 10.1. The molecule has 0 radical (unpaired) electrons. The Morgan fingerprint density at radius 2 is 1.87 bits per heavy atom. The highest BCUT2D eigenvalue weighted by molar-refractivity contribution is 5.75. The molecule has 2 aromatic carbocycles. The van der Waals surface area contributed by atoms with Gasteiger partial charge in [0.25, 0.3) is 0 Å². The zero-order chi connectivity index (χ0) is 22.4. The van der Waals surface area contributed by atoms with E-state index in [4.69, 9.17) is 14.2 Å². The number of amides is 2. The summed E-state index contributed by atoms with van der Waals surface area (Å²) < 4.78 is 16.7. The van der Waals surface area contributed by atoms with Crippen molar-refractivity contribution < 1.29 is 19.0 Å². The van der Waals surface area contributed by atoms with E-state index in [9.17, 15) is 4.79 Å². The van der Waals surface area contributed by atoms with Gasteiger partial charge < -0.3 is 24.4 Å². The van der Waals surface area contributed by atoms with Gasteiger partial charge in [-0.25, -0.2) is 4.79 Å². The summed E-state index contributed by atoms with van der Waals surface area (Å²) in [6.45, 7) is 7.89. The molecule has 0 bridgehead atoms. The molecule has 2 aromatic rings. The van der Waals surface area contributed by atoms with Gasteiger partial charge in [0.1, 0.15) is 11.5 Å². The second-order valence-corrected chi connectivity index (χ2v) is 8.84. The number of urea groups is 1. The van der Waals surface area contributed by atoms with Gasteiger partial charge in [-0.2, -0.15) is 0 Å². The van der Waals surface area contributed by atoms with Crippen LogP contribution in [0.25, 0.3) is 0 Å². The van der Waals surface area contributed by atoms with Crippen LogP contribution in [0.5, 0.6) is 11.5 Å². The van der Waals surface area contributed by atoms with Crippen LogP contribution in [0.3, 0.4) is 0 Å². The molecule has 1 N–H and O–H groups in total. The molecule has 1 heterocycles. The van der Waals surface area contributed by atoms with Crippen LogP contribution >= 0.6 is 0 Å². The summed E-state index contributed by atoms with van der Waals surface area (Å²) in [6.07, 6.45) is 1.88. The number of ether oxygens (including phenoxy) is 3. The van der Waals surface area contributed by atoms with Gasteiger partial charge in [0, 0.05) is 24.7 Å². The molecule has 1 unspecified atom stereocenters. The quantitative estimate of drug-likeness (QED) is 0.672. The molecule has 6 heteroatoms. The lowest BCUT2D eigenvalue weighted by molar-refractivity contribution is -0.0149. The molecule has 1 aliphatic heterocycles. The minimum absolute atomic E-state index is 0.00706. The molecule has 1 fully saturated rings. The van der Waals surface area contributed by atoms with Gasteiger partial charge in [-0.05, 0) is 56.9 Å². The molecule has 1 saturated heterocycles. The van der Waals surface area contributed by atoms with Gasteiger partial charge >= 0.3 is 6.03 Å². The summed E-state index contributed by atoms with van der Waals surface area (Å²) in [7, 11) is 3.28.